The Morgan fingerprint density at radius 1 is 1.00 bits per heavy atom. The van der Waals surface area contributed by atoms with Gasteiger partial charge in [-0.25, -0.2) is 0 Å². The number of nitrogens with zero attached hydrogens (tertiary/aromatic N) is 2. The molecule has 4 nitrogen and oxygen atoms in total. The molecule has 0 saturated carbocycles. The van der Waals surface area contributed by atoms with E-state index < -0.39 is 0 Å². The molecule has 0 fully saturated rings. The molecule has 1 N–H and O–H groups in total. The fraction of sp³-hybridized carbons (Fsp3) is 0.400. The first kappa shape index (κ1) is 31.6. The van der Waals surface area contributed by atoms with Crippen molar-refractivity contribution in [3.05, 3.63) is 83.4 Å². The van der Waals surface area contributed by atoms with Gasteiger partial charge in [0.05, 0.1) is 5.76 Å². The van der Waals surface area contributed by atoms with Gasteiger partial charge in [0.1, 0.15) is 0 Å². The summed E-state index contributed by atoms with van der Waals surface area (Å²) in [5.74, 6) is 0.547. The Kier molecular flexibility index (Phi) is 10.4. The molecular weight excluding hydrogens is 673 g/mol. The van der Waals surface area contributed by atoms with Gasteiger partial charge in [-0.3, -0.25) is 4.79 Å². The number of benzene rings is 2. The minimum Gasteiger partial charge on any atom is -0.512 e. The topological polar surface area (TPSA) is 63.1 Å². The number of rotatable bonds is 7. The van der Waals surface area contributed by atoms with E-state index in [9.17, 15) is 9.90 Å². The molecular formula is C35H41IrN2O2-. The summed E-state index contributed by atoms with van der Waals surface area (Å²) in [4.78, 5) is 21.0. The molecule has 5 heteroatoms. The molecule has 0 amide bonds. The molecule has 2 heterocycles. The van der Waals surface area contributed by atoms with Crippen LogP contribution in [-0.4, -0.2) is 20.9 Å². The maximum atomic E-state index is 11.7. The normalized spacial score (nSPS) is 13.6. The van der Waals surface area contributed by atoms with Crippen molar-refractivity contribution in [3.8, 4) is 11.3 Å². The van der Waals surface area contributed by atoms with Crippen LogP contribution in [-0.2, 0) is 30.3 Å². The number of fused-ring (bicyclic) bond motifs is 4. The number of hydrogen-bond donors (Lipinski definition) is 1. The van der Waals surface area contributed by atoms with Crippen molar-refractivity contribution in [2.45, 2.75) is 79.6 Å². The van der Waals surface area contributed by atoms with Crippen molar-refractivity contribution < 1.29 is 30.0 Å². The number of allylic oxidation sites excluding steroid dienone is 2. The summed E-state index contributed by atoms with van der Waals surface area (Å²) in [6, 6.07) is 15.0. The first-order valence-electron chi connectivity index (χ1n) is 14.3. The van der Waals surface area contributed by atoms with E-state index in [-0.39, 0.29) is 48.9 Å². The number of aryl methyl sites for hydroxylation is 1. The molecule has 2 aromatic carbocycles. The van der Waals surface area contributed by atoms with Gasteiger partial charge in [-0.2, -0.15) is 0 Å². The molecule has 0 atom stereocenters. The Hall–Kier alpha value is -2.88. The fourth-order valence-corrected chi connectivity index (χ4v) is 5.97. The number of pyridine rings is 2. The zero-order valence-electron chi connectivity index (χ0n) is 24.8. The van der Waals surface area contributed by atoms with Crippen LogP contribution in [0.5, 0.6) is 0 Å². The average molecular weight is 714 g/mol. The summed E-state index contributed by atoms with van der Waals surface area (Å²) in [5, 5.41) is 13.4. The number of ketones is 1. The minimum atomic E-state index is -0.116. The van der Waals surface area contributed by atoms with E-state index in [2.05, 4.69) is 68.4 Å². The van der Waals surface area contributed by atoms with Crippen LogP contribution in [0.2, 0.25) is 0 Å². The molecule has 0 spiro atoms. The summed E-state index contributed by atoms with van der Waals surface area (Å²) < 4.78 is 0. The van der Waals surface area contributed by atoms with Crippen LogP contribution in [0.4, 0.5) is 0 Å². The number of carbonyl (C=O) groups excluding carboxylic acids is 1. The van der Waals surface area contributed by atoms with Crippen LogP contribution >= 0.6 is 0 Å². The molecule has 213 valence electrons. The van der Waals surface area contributed by atoms with Crippen LogP contribution in [0.15, 0.2) is 60.5 Å². The van der Waals surface area contributed by atoms with Crippen molar-refractivity contribution >= 4 is 27.5 Å². The molecule has 0 bridgehead atoms. The van der Waals surface area contributed by atoms with E-state index in [0.29, 0.717) is 0 Å². The number of hydrogen-bond acceptors (Lipinski definition) is 4. The molecule has 5 rings (SSSR count). The van der Waals surface area contributed by atoms with Gasteiger partial charge in [-0.05, 0) is 77.8 Å². The maximum absolute atomic E-state index is 11.7. The third-order valence-corrected chi connectivity index (χ3v) is 8.34. The van der Waals surface area contributed by atoms with E-state index >= 15 is 0 Å². The Balaban J connectivity index is 0.000000243. The van der Waals surface area contributed by atoms with Crippen molar-refractivity contribution in [2.75, 3.05) is 0 Å². The molecule has 0 aliphatic heterocycles. The maximum Gasteiger partial charge on any atom is 0.162 e. The quantitative estimate of drug-likeness (QED) is 0.118. The standard InChI is InChI=1S/C22H17N2.C13H24O2.Ir/c1-13-10-14-8-9-23-21-16-12-24-18-7-5-4-6-15(18)20(16)22(2,3)17(11-13)19(14)21;1-5-10(6-2)12(14)9-13(15)11(7-3)8-4;/h4-11H,1-3H3;9-11,14H,5-8H2,1-4H3;/q-1;;/b;12-9-;. The number of aliphatic hydroxyl groups is 1. The van der Waals surface area contributed by atoms with Crippen LogP contribution in [0, 0.1) is 25.0 Å². The number of carbonyl (C=O) groups is 1. The average Bonchev–Trinajstić information content (AvgIpc) is 2.92. The van der Waals surface area contributed by atoms with Crippen LogP contribution in [0.1, 0.15) is 83.9 Å². The van der Waals surface area contributed by atoms with Gasteiger partial charge in [0, 0.05) is 44.2 Å². The summed E-state index contributed by atoms with van der Waals surface area (Å²) >= 11 is 0. The van der Waals surface area contributed by atoms with Gasteiger partial charge in [-0.15, -0.1) is 11.1 Å². The zero-order chi connectivity index (χ0) is 28.3. The molecule has 40 heavy (non-hydrogen) atoms. The monoisotopic (exact) mass is 714 g/mol. The van der Waals surface area contributed by atoms with Crippen molar-refractivity contribution in [2.24, 2.45) is 11.8 Å². The Morgan fingerprint density at radius 2 is 1.65 bits per heavy atom. The number of aromatic nitrogens is 2. The fourth-order valence-electron chi connectivity index (χ4n) is 5.97. The Bertz CT molecular complexity index is 1530. The van der Waals surface area contributed by atoms with Crippen molar-refractivity contribution in [3.63, 3.8) is 0 Å². The van der Waals surface area contributed by atoms with E-state index in [0.717, 1.165) is 42.5 Å². The van der Waals surface area contributed by atoms with Gasteiger partial charge in [0.15, 0.2) is 5.78 Å². The van der Waals surface area contributed by atoms with E-state index in [4.69, 9.17) is 4.98 Å². The molecule has 0 saturated heterocycles. The predicted molar refractivity (Wildman–Crippen MR) is 162 cm³/mol. The first-order chi connectivity index (χ1) is 18.7. The molecule has 1 radical (unpaired) electrons. The number of aliphatic hydroxyl groups excluding tert-OH is 1. The summed E-state index contributed by atoms with van der Waals surface area (Å²) in [6.45, 7) is 14.8. The third kappa shape index (κ3) is 5.92. The van der Waals surface area contributed by atoms with E-state index in [1.807, 2.05) is 40.0 Å². The van der Waals surface area contributed by atoms with Crippen LogP contribution in [0.25, 0.3) is 32.9 Å². The van der Waals surface area contributed by atoms with Gasteiger partial charge >= 0.3 is 0 Å². The molecule has 1 aliphatic carbocycles. The zero-order valence-corrected chi connectivity index (χ0v) is 27.2. The van der Waals surface area contributed by atoms with Gasteiger partial charge in [-0.1, -0.05) is 88.9 Å². The second kappa shape index (κ2) is 13.2. The summed E-state index contributed by atoms with van der Waals surface area (Å²) in [5.41, 5.74) is 6.84. The number of para-hydroxylation sites is 1. The second-order valence-corrected chi connectivity index (χ2v) is 11.2. The second-order valence-electron chi connectivity index (χ2n) is 11.2. The van der Waals surface area contributed by atoms with Crippen molar-refractivity contribution in [1.82, 2.24) is 9.97 Å². The molecule has 2 aromatic heterocycles. The predicted octanol–water partition coefficient (Wildman–Crippen LogP) is 9.07. The van der Waals surface area contributed by atoms with E-state index in [1.54, 1.807) is 0 Å². The first-order valence-corrected chi connectivity index (χ1v) is 14.3. The minimum absolute atomic E-state index is 0. The summed E-state index contributed by atoms with van der Waals surface area (Å²) in [7, 11) is 0. The van der Waals surface area contributed by atoms with Crippen molar-refractivity contribution in [1.29, 1.82) is 0 Å². The molecule has 0 unspecified atom stereocenters. The van der Waals surface area contributed by atoms with Crippen LogP contribution in [0.3, 0.4) is 0 Å². The van der Waals surface area contributed by atoms with Crippen LogP contribution < -0.4 is 0 Å². The summed E-state index contributed by atoms with van der Waals surface area (Å²) in [6.07, 6.45) is 10.1. The third-order valence-electron chi connectivity index (χ3n) is 8.34. The SMILES string of the molecule is CCC(CC)C(=O)/C=C(\O)C(CC)CC.Cc1cc2c3c(nccc3c1)-c1[c-]nc3ccccc3c1C2(C)C.[Ir]. The Labute approximate surface area is 252 Å². The molecule has 1 aliphatic rings. The van der Waals surface area contributed by atoms with E-state index in [1.165, 1.54) is 38.9 Å². The van der Waals surface area contributed by atoms with Gasteiger partial charge < -0.3 is 15.1 Å². The smallest absolute Gasteiger partial charge is 0.162 e. The van der Waals surface area contributed by atoms with Gasteiger partial charge in [0.25, 0.3) is 0 Å². The largest absolute Gasteiger partial charge is 0.512 e. The Morgan fingerprint density at radius 3 is 2.30 bits per heavy atom. The molecule has 4 aromatic rings. The van der Waals surface area contributed by atoms with Gasteiger partial charge in [0.2, 0.25) is 0 Å².